The molecule has 104 valence electrons. The topological polar surface area (TPSA) is 58.4 Å². The van der Waals surface area contributed by atoms with Crippen LogP contribution < -0.4 is 11.1 Å². The number of carbonyl (C=O) groups is 1. The van der Waals surface area contributed by atoms with Gasteiger partial charge < -0.3 is 11.1 Å². The first-order chi connectivity index (χ1) is 9.15. The van der Waals surface area contributed by atoms with Crippen LogP contribution in [-0.2, 0) is 4.79 Å². The number of hydrogen-bond donors (Lipinski definition) is 2. The third kappa shape index (κ3) is 4.21. The molecule has 0 bridgehead atoms. The van der Waals surface area contributed by atoms with Gasteiger partial charge in [0.25, 0.3) is 0 Å². The van der Waals surface area contributed by atoms with Gasteiger partial charge in [-0.25, -0.2) is 4.39 Å². The minimum Gasteiger partial charge on any atom is -0.396 e. The quantitative estimate of drug-likeness (QED) is 0.824. The second-order valence-corrected chi connectivity index (χ2v) is 4.97. The molecule has 1 aliphatic rings. The van der Waals surface area contributed by atoms with Crippen LogP contribution in [0.2, 0.25) is 0 Å². The Morgan fingerprint density at radius 2 is 1.95 bits per heavy atom. The van der Waals surface area contributed by atoms with Crippen LogP contribution in [0.5, 0.6) is 0 Å². The van der Waals surface area contributed by atoms with Gasteiger partial charge in [0.15, 0.2) is 0 Å². The number of likely N-dealkylation sites (tertiary alicyclic amines) is 1. The second kappa shape index (κ2) is 6.52. The molecule has 1 aromatic carbocycles. The number of nitrogens with two attached hydrogens (primary N) is 1. The van der Waals surface area contributed by atoms with E-state index in [9.17, 15) is 9.18 Å². The van der Waals surface area contributed by atoms with Gasteiger partial charge in [0.05, 0.1) is 12.2 Å². The molecule has 0 atom stereocenters. The summed E-state index contributed by atoms with van der Waals surface area (Å²) in [4.78, 5) is 14.1. The van der Waals surface area contributed by atoms with Gasteiger partial charge >= 0.3 is 0 Å². The Balaban J connectivity index is 1.87. The monoisotopic (exact) mass is 265 g/mol. The summed E-state index contributed by atoms with van der Waals surface area (Å²) in [6, 6.07) is 4.22. The summed E-state index contributed by atoms with van der Waals surface area (Å²) in [5, 5.41) is 2.75. The molecule has 0 spiro atoms. The molecule has 2 rings (SSSR count). The van der Waals surface area contributed by atoms with Gasteiger partial charge in [-0.15, -0.1) is 0 Å². The van der Waals surface area contributed by atoms with Crippen LogP contribution in [0.3, 0.4) is 0 Å². The standard InChI is InChI=1S/C14H20FN3O/c15-12-6-5-11(9-13(12)16)17-14(19)10-18-7-3-1-2-4-8-18/h5-6,9H,1-4,7-8,10,16H2,(H,17,19). The maximum atomic E-state index is 13.0. The number of carbonyl (C=O) groups excluding carboxylic acids is 1. The van der Waals surface area contributed by atoms with Gasteiger partial charge in [-0.1, -0.05) is 12.8 Å². The first kappa shape index (κ1) is 13.8. The number of rotatable bonds is 3. The van der Waals surface area contributed by atoms with Crippen molar-refractivity contribution in [3.05, 3.63) is 24.0 Å². The SMILES string of the molecule is Nc1cc(NC(=O)CN2CCCCCC2)ccc1F. The molecule has 0 saturated carbocycles. The second-order valence-electron chi connectivity index (χ2n) is 4.97. The zero-order valence-electron chi connectivity index (χ0n) is 11.0. The molecule has 3 N–H and O–H groups in total. The van der Waals surface area contributed by atoms with Crippen LogP contribution >= 0.6 is 0 Å². The Hall–Kier alpha value is -1.62. The third-order valence-electron chi connectivity index (χ3n) is 3.35. The largest absolute Gasteiger partial charge is 0.396 e. The van der Waals surface area contributed by atoms with Gasteiger partial charge in [-0.3, -0.25) is 9.69 Å². The summed E-state index contributed by atoms with van der Waals surface area (Å²) < 4.78 is 13.0. The molecule has 1 saturated heterocycles. The van der Waals surface area contributed by atoms with Crippen molar-refractivity contribution in [3.8, 4) is 0 Å². The molecule has 1 amide bonds. The highest BCUT2D eigenvalue weighted by Gasteiger charge is 2.13. The highest BCUT2D eigenvalue weighted by Crippen LogP contribution is 2.16. The van der Waals surface area contributed by atoms with E-state index in [1.807, 2.05) is 0 Å². The zero-order chi connectivity index (χ0) is 13.7. The first-order valence-electron chi connectivity index (χ1n) is 6.72. The molecule has 1 aliphatic heterocycles. The molecule has 0 radical (unpaired) electrons. The number of nitrogens with zero attached hydrogens (tertiary/aromatic N) is 1. The van der Waals surface area contributed by atoms with E-state index in [2.05, 4.69) is 10.2 Å². The van der Waals surface area contributed by atoms with Gasteiger partial charge in [0.1, 0.15) is 5.82 Å². The number of nitrogens with one attached hydrogen (secondary N) is 1. The molecule has 1 heterocycles. The summed E-state index contributed by atoms with van der Waals surface area (Å²) in [6.45, 7) is 2.33. The van der Waals surface area contributed by atoms with E-state index in [1.54, 1.807) is 0 Å². The maximum Gasteiger partial charge on any atom is 0.238 e. The van der Waals surface area contributed by atoms with Gasteiger partial charge in [-0.05, 0) is 44.1 Å². The van der Waals surface area contributed by atoms with Crippen molar-refractivity contribution in [3.63, 3.8) is 0 Å². The molecule has 19 heavy (non-hydrogen) atoms. The maximum absolute atomic E-state index is 13.0. The fourth-order valence-electron chi connectivity index (χ4n) is 2.32. The number of benzene rings is 1. The predicted octanol–water partition coefficient (Wildman–Crippen LogP) is 2.22. The van der Waals surface area contributed by atoms with Crippen LogP contribution in [0.25, 0.3) is 0 Å². The average Bonchev–Trinajstić information content (AvgIpc) is 2.62. The van der Waals surface area contributed by atoms with Crippen molar-refractivity contribution in [1.29, 1.82) is 0 Å². The van der Waals surface area contributed by atoms with Crippen molar-refractivity contribution in [1.82, 2.24) is 4.90 Å². The summed E-state index contributed by atoms with van der Waals surface area (Å²) in [5.41, 5.74) is 6.05. The minimum atomic E-state index is -0.467. The van der Waals surface area contributed by atoms with E-state index in [-0.39, 0.29) is 11.6 Å². The van der Waals surface area contributed by atoms with Gasteiger partial charge in [0.2, 0.25) is 5.91 Å². The Bertz CT molecular complexity index is 442. The fraction of sp³-hybridized carbons (Fsp3) is 0.500. The van der Waals surface area contributed by atoms with Crippen molar-refractivity contribution in [2.24, 2.45) is 0 Å². The Morgan fingerprint density at radius 1 is 1.26 bits per heavy atom. The molecule has 0 unspecified atom stereocenters. The molecule has 0 aromatic heterocycles. The van der Waals surface area contributed by atoms with Crippen molar-refractivity contribution in [2.45, 2.75) is 25.7 Å². The smallest absolute Gasteiger partial charge is 0.238 e. The third-order valence-corrected chi connectivity index (χ3v) is 3.35. The lowest BCUT2D eigenvalue weighted by Gasteiger charge is -2.19. The Kier molecular flexibility index (Phi) is 4.74. The lowest BCUT2D eigenvalue weighted by Crippen LogP contribution is -2.33. The van der Waals surface area contributed by atoms with E-state index in [0.29, 0.717) is 12.2 Å². The molecule has 5 heteroatoms. The molecular weight excluding hydrogens is 245 g/mol. The van der Waals surface area contributed by atoms with Crippen LogP contribution in [0.4, 0.5) is 15.8 Å². The number of hydrogen-bond acceptors (Lipinski definition) is 3. The number of nitrogen functional groups attached to an aromatic ring is 1. The molecule has 1 aromatic rings. The average molecular weight is 265 g/mol. The summed E-state index contributed by atoms with van der Waals surface area (Å²) in [5.74, 6) is -0.543. The van der Waals surface area contributed by atoms with E-state index >= 15 is 0 Å². The van der Waals surface area contributed by atoms with Crippen LogP contribution in [0, 0.1) is 5.82 Å². The van der Waals surface area contributed by atoms with Gasteiger partial charge in [-0.2, -0.15) is 0 Å². The molecule has 1 fully saturated rings. The van der Waals surface area contributed by atoms with E-state index < -0.39 is 5.82 Å². The Morgan fingerprint density at radius 3 is 2.58 bits per heavy atom. The zero-order valence-corrected chi connectivity index (χ0v) is 11.0. The number of amides is 1. The molecule has 0 aliphatic carbocycles. The summed E-state index contributed by atoms with van der Waals surface area (Å²) >= 11 is 0. The minimum absolute atomic E-state index is 0.0487. The summed E-state index contributed by atoms with van der Waals surface area (Å²) in [6.07, 6.45) is 4.78. The van der Waals surface area contributed by atoms with Crippen molar-refractivity contribution < 1.29 is 9.18 Å². The van der Waals surface area contributed by atoms with Crippen LogP contribution in [0.15, 0.2) is 18.2 Å². The van der Waals surface area contributed by atoms with E-state index in [1.165, 1.54) is 31.0 Å². The normalized spacial score (nSPS) is 16.9. The van der Waals surface area contributed by atoms with E-state index in [4.69, 9.17) is 5.73 Å². The van der Waals surface area contributed by atoms with Gasteiger partial charge in [0, 0.05) is 5.69 Å². The first-order valence-corrected chi connectivity index (χ1v) is 6.72. The van der Waals surface area contributed by atoms with Crippen LogP contribution in [0.1, 0.15) is 25.7 Å². The summed E-state index contributed by atoms with van der Waals surface area (Å²) in [7, 11) is 0. The lowest BCUT2D eigenvalue weighted by atomic mass is 10.2. The highest BCUT2D eigenvalue weighted by atomic mass is 19.1. The highest BCUT2D eigenvalue weighted by molar-refractivity contribution is 5.92. The van der Waals surface area contributed by atoms with Crippen LogP contribution in [-0.4, -0.2) is 30.4 Å². The fourth-order valence-corrected chi connectivity index (χ4v) is 2.32. The lowest BCUT2D eigenvalue weighted by molar-refractivity contribution is -0.117. The number of halogens is 1. The molecule has 4 nitrogen and oxygen atoms in total. The van der Waals surface area contributed by atoms with Crippen molar-refractivity contribution >= 4 is 17.3 Å². The predicted molar refractivity (Wildman–Crippen MR) is 74.4 cm³/mol. The Labute approximate surface area is 112 Å². The number of anilines is 2. The molecular formula is C14H20FN3O. The van der Waals surface area contributed by atoms with Crippen molar-refractivity contribution in [2.75, 3.05) is 30.7 Å². The van der Waals surface area contributed by atoms with E-state index in [0.717, 1.165) is 25.9 Å².